The predicted molar refractivity (Wildman–Crippen MR) is 125 cm³/mol. The maximum absolute atomic E-state index is 5.44. The van der Waals surface area contributed by atoms with Crippen molar-refractivity contribution in [1.29, 1.82) is 0 Å². The average molecular weight is 401 g/mol. The van der Waals surface area contributed by atoms with Crippen molar-refractivity contribution in [3.05, 3.63) is 83.5 Å². The van der Waals surface area contributed by atoms with E-state index in [-0.39, 0.29) is 0 Å². The van der Waals surface area contributed by atoms with E-state index in [1.165, 1.54) is 6.34 Å². The van der Waals surface area contributed by atoms with E-state index in [1.807, 2.05) is 61.3 Å². The van der Waals surface area contributed by atoms with E-state index in [1.54, 1.807) is 0 Å². The number of hydrazone groups is 1. The summed E-state index contributed by atoms with van der Waals surface area (Å²) in [6, 6.07) is 9.85. The Hall–Kier alpha value is -3.54. The molecule has 0 saturated carbocycles. The summed E-state index contributed by atoms with van der Waals surface area (Å²) in [5.41, 5.74) is 11.9. The minimum Gasteiger partial charge on any atom is -0.390 e. The lowest BCUT2D eigenvalue weighted by Gasteiger charge is -2.16. The molecule has 1 saturated heterocycles. The highest BCUT2D eigenvalue weighted by atomic mass is 15.5. The van der Waals surface area contributed by atoms with E-state index in [0.717, 1.165) is 59.0 Å². The number of aliphatic imine (C=N–C) groups is 1. The zero-order valence-electron chi connectivity index (χ0n) is 17.7. The fourth-order valence-electron chi connectivity index (χ4n) is 3.20. The maximum Gasteiger partial charge on any atom is 0.154 e. The number of aryl methyl sites for hydroxylation is 1. The molecular formula is C24H28N6. The zero-order valence-corrected chi connectivity index (χ0v) is 17.7. The van der Waals surface area contributed by atoms with Crippen molar-refractivity contribution in [3.63, 3.8) is 0 Å². The first-order chi connectivity index (χ1) is 14.5. The summed E-state index contributed by atoms with van der Waals surface area (Å²) in [6.45, 7) is 12.9. The van der Waals surface area contributed by atoms with Gasteiger partial charge in [0.05, 0.1) is 23.4 Å². The molecule has 2 N–H and O–H groups in total. The zero-order chi connectivity index (χ0) is 21.5. The topological polar surface area (TPSA) is 79.8 Å². The lowest BCUT2D eigenvalue weighted by molar-refractivity contribution is 0.419. The number of allylic oxidation sites excluding steroid dienone is 3. The van der Waals surface area contributed by atoms with Crippen molar-refractivity contribution in [3.8, 4) is 0 Å². The number of aromatic nitrogens is 2. The summed E-state index contributed by atoms with van der Waals surface area (Å²) in [4.78, 5) is 13.4. The van der Waals surface area contributed by atoms with Crippen molar-refractivity contribution >= 4 is 23.9 Å². The van der Waals surface area contributed by atoms with Gasteiger partial charge in [-0.25, -0.2) is 9.98 Å². The summed E-state index contributed by atoms with van der Waals surface area (Å²) >= 11 is 0. The van der Waals surface area contributed by atoms with E-state index >= 15 is 0 Å². The molecule has 2 aromatic rings. The van der Waals surface area contributed by atoms with Gasteiger partial charge < -0.3 is 5.73 Å². The summed E-state index contributed by atoms with van der Waals surface area (Å²) in [6.07, 6.45) is 7.75. The SMILES string of the molecule is C=C(C)/C=C/c1nc(N=CN)ccc1C/C(=N\N1CCCC1=C)c1cccc(C)n1. The summed E-state index contributed by atoms with van der Waals surface area (Å²) in [5, 5.41) is 6.92. The molecular weight excluding hydrogens is 372 g/mol. The van der Waals surface area contributed by atoms with Crippen LogP contribution in [0.5, 0.6) is 0 Å². The molecule has 3 rings (SSSR count). The van der Waals surface area contributed by atoms with Crippen LogP contribution in [0.15, 0.2) is 70.9 Å². The quantitative estimate of drug-likeness (QED) is 0.420. The number of hydrogen-bond donors (Lipinski definition) is 1. The smallest absolute Gasteiger partial charge is 0.154 e. The molecule has 2 aromatic heterocycles. The minimum atomic E-state index is 0.558. The van der Waals surface area contributed by atoms with Crippen LogP contribution in [-0.4, -0.2) is 33.6 Å². The molecule has 0 aliphatic carbocycles. The maximum atomic E-state index is 5.44. The molecule has 1 aliphatic heterocycles. The van der Waals surface area contributed by atoms with Crippen molar-refractivity contribution in [2.75, 3.05) is 6.54 Å². The van der Waals surface area contributed by atoms with Gasteiger partial charge in [-0.05, 0) is 56.5 Å². The Morgan fingerprint density at radius 1 is 1.27 bits per heavy atom. The number of rotatable bonds is 7. The molecule has 1 fully saturated rings. The summed E-state index contributed by atoms with van der Waals surface area (Å²) < 4.78 is 0. The standard InChI is InChI=1S/C24H28N6/c1-17(2)10-12-21-20(11-13-24(28-21)26-16-25)15-23(22-9-5-7-18(3)27-22)29-30-14-6-8-19(30)4/h5,7,9-13,16H,1,4,6,8,14-15H2,2-3H3,(H2,25,26,28)/b12-10+,29-23+. The molecule has 6 heteroatoms. The Kier molecular flexibility index (Phi) is 6.91. The van der Waals surface area contributed by atoms with E-state index in [0.29, 0.717) is 12.2 Å². The predicted octanol–water partition coefficient (Wildman–Crippen LogP) is 4.55. The molecule has 0 unspecified atom stereocenters. The highest BCUT2D eigenvalue weighted by Crippen LogP contribution is 2.22. The molecule has 0 radical (unpaired) electrons. The first kappa shape index (κ1) is 21.2. The first-order valence-electron chi connectivity index (χ1n) is 10.0. The highest BCUT2D eigenvalue weighted by Gasteiger charge is 2.18. The van der Waals surface area contributed by atoms with Gasteiger partial charge in [0.15, 0.2) is 5.82 Å². The van der Waals surface area contributed by atoms with Gasteiger partial charge in [0.2, 0.25) is 0 Å². The van der Waals surface area contributed by atoms with Crippen molar-refractivity contribution in [2.45, 2.75) is 33.1 Å². The fourth-order valence-corrected chi connectivity index (χ4v) is 3.20. The fraction of sp³-hybridized carbons (Fsp3) is 0.250. The van der Waals surface area contributed by atoms with E-state index in [9.17, 15) is 0 Å². The molecule has 0 amide bonds. The van der Waals surface area contributed by atoms with Crippen LogP contribution in [0.4, 0.5) is 5.82 Å². The van der Waals surface area contributed by atoms with Crippen LogP contribution in [0.3, 0.4) is 0 Å². The van der Waals surface area contributed by atoms with Crippen LogP contribution in [0.2, 0.25) is 0 Å². The molecule has 1 aliphatic rings. The first-order valence-corrected chi connectivity index (χ1v) is 10.0. The van der Waals surface area contributed by atoms with Crippen molar-refractivity contribution in [1.82, 2.24) is 15.0 Å². The summed E-state index contributed by atoms with van der Waals surface area (Å²) in [7, 11) is 0. The normalized spacial score (nSPS) is 14.9. The molecule has 30 heavy (non-hydrogen) atoms. The molecule has 6 nitrogen and oxygen atoms in total. The lowest BCUT2D eigenvalue weighted by atomic mass is 10.0. The van der Waals surface area contributed by atoms with Gasteiger partial charge in [-0.3, -0.25) is 9.99 Å². The van der Waals surface area contributed by atoms with Gasteiger partial charge in [0.1, 0.15) is 0 Å². The Morgan fingerprint density at radius 3 is 2.77 bits per heavy atom. The lowest BCUT2D eigenvalue weighted by Crippen LogP contribution is -2.17. The summed E-state index contributed by atoms with van der Waals surface area (Å²) in [5.74, 6) is 0.558. The molecule has 0 aromatic carbocycles. The van der Waals surface area contributed by atoms with Crippen molar-refractivity contribution < 1.29 is 0 Å². The Bertz CT molecular complexity index is 1030. The number of nitrogens with zero attached hydrogens (tertiary/aromatic N) is 5. The van der Waals surface area contributed by atoms with Crippen LogP contribution < -0.4 is 5.73 Å². The Balaban J connectivity index is 2.04. The van der Waals surface area contributed by atoms with E-state index < -0.39 is 0 Å². The van der Waals surface area contributed by atoms with Crippen LogP contribution >= 0.6 is 0 Å². The Morgan fingerprint density at radius 2 is 2.10 bits per heavy atom. The van der Waals surface area contributed by atoms with Crippen LogP contribution in [0.1, 0.15) is 42.4 Å². The number of hydrogen-bond acceptors (Lipinski definition) is 5. The van der Waals surface area contributed by atoms with Crippen molar-refractivity contribution in [2.24, 2.45) is 15.8 Å². The monoisotopic (exact) mass is 400 g/mol. The molecule has 0 bridgehead atoms. The average Bonchev–Trinajstić information content (AvgIpc) is 3.12. The van der Waals surface area contributed by atoms with Crippen LogP contribution in [0.25, 0.3) is 6.08 Å². The van der Waals surface area contributed by atoms with Gasteiger partial charge in [-0.15, -0.1) is 0 Å². The van der Waals surface area contributed by atoms with E-state index in [2.05, 4.69) is 23.1 Å². The third-order valence-electron chi connectivity index (χ3n) is 4.71. The van der Waals surface area contributed by atoms with Gasteiger partial charge in [-0.1, -0.05) is 36.9 Å². The second-order valence-electron chi connectivity index (χ2n) is 7.35. The Labute approximate surface area is 178 Å². The molecule has 0 spiro atoms. The third-order valence-corrected chi connectivity index (χ3v) is 4.71. The van der Waals surface area contributed by atoms with Crippen LogP contribution in [-0.2, 0) is 6.42 Å². The second kappa shape index (κ2) is 9.78. The van der Waals surface area contributed by atoms with Gasteiger partial charge in [-0.2, -0.15) is 5.10 Å². The second-order valence-corrected chi connectivity index (χ2v) is 7.35. The van der Waals surface area contributed by atoms with Crippen LogP contribution in [0, 0.1) is 6.92 Å². The minimum absolute atomic E-state index is 0.558. The molecule has 154 valence electrons. The van der Waals surface area contributed by atoms with Gasteiger partial charge in [0, 0.05) is 24.4 Å². The van der Waals surface area contributed by atoms with Gasteiger partial charge in [0.25, 0.3) is 0 Å². The number of pyridine rings is 2. The third kappa shape index (κ3) is 5.50. The molecule has 0 atom stereocenters. The van der Waals surface area contributed by atoms with Gasteiger partial charge >= 0.3 is 0 Å². The number of nitrogens with two attached hydrogens (primary N) is 1. The highest BCUT2D eigenvalue weighted by molar-refractivity contribution is 6.00. The van der Waals surface area contributed by atoms with E-state index in [4.69, 9.17) is 15.8 Å². The largest absolute Gasteiger partial charge is 0.390 e. The molecule has 3 heterocycles.